The van der Waals surface area contributed by atoms with Crippen molar-refractivity contribution in [3.8, 4) is 5.75 Å². The van der Waals surface area contributed by atoms with E-state index in [0.29, 0.717) is 32.5 Å². The van der Waals surface area contributed by atoms with Crippen LogP contribution in [-0.2, 0) is 40.1 Å². The van der Waals surface area contributed by atoms with E-state index in [-0.39, 0.29) is 49.0 Å². The zero-order valence-electron chi connectivity index (χ0n) is 29.9. The highest BCUT2D eigenvalue weighted by Gasteiger charge is 2.39. The molecule has 2 aliphatic heterocycles. The molecule has 2 saturated heterocycles. The van der Waals surface area contributed by atoms with Gasteiger partial charge in [0, 0.05) is 26.1 Å². The molecule has 3 amide bonds. The van der Waals surface area contributed by atoms with E-state index in [9.17, 15) is 27.6 Å². The molecule has 9 nitrogen and oxygen atoms in total. The van der Waals surface area contributed by atoms with Gasteiger partial charge in [-0.15, -0.1) is 0 Å². The van der Waals surface area contributed by atoms with Crippen molar-refractivity contribution >= 4 is 17.9 Å². The molecule has 12 heteroatoms. The summed E-state index contributed by atoms with van der Waals surface area (Å²) >= 11 is 0. The lowest BCUT2D eigenvalue weighted by Crippen LogP contribution is -2.55. The second kappa shape index (κ2) is 18.1. The number of nitrogens with zero attached hydrogens (tertiary/aromatic N) is 1. The fraction of sp³-hybridized carbons (Fsp3) is 0.357. The number of hydrogen-bond acceptors (Lipinski definition) is 6. The summed E-state index contributed by atoms with van der Waals surface area (Å²) in [5.74, 6) is -0.579. The molecule has 284 valence electrons. The SMILES string of the molecule is O=C(NC(Cc1ccccc1)C(=O)N1CCCC1C(=O)NCC1CNCCC1c1ccc(COc2ccccc2C(F)(F)F)cc1)OCc1ccccc1. The first-order valence-corrected chi connectivity index (χ1v) is 18.3. The second-order valence-electron chi connectivity index (χ2n) is 13.8. The summed E-state index contributed by atoms with van der Waals surface area (Å²) in [5.41, 5.74) is 2.69. The van der Waals surface area contributed by atoms with Crippen LogP contribution in [0.4, 0.5) is 18.0 Å². The van der Waals surface area contributed by atoms with Gasteiger partial charge in [0.25, 0.3) is 0 Å². The molecule has 0 bridgehead atoms. The number of halogens is 3. The van der Waals surface area contributed by atoms with Gasteiger partial charge in [-0.2, -0.15) is 13.2 Å². The predicted octanol–water partition coefficient (Wildman–Crippen LogP) is 6.62. The molecule has 0 aromatic heterocycles. The molecule has 4 aromatic rings. The number of amides is 3. The van der Waals surface area contributed by atoms with Crippen LogP contribution in [0.15, 0.2) is 109 Å². The summed E-state index contributed by atoms with van der Waals surface area (Å²) in [6, 6.07) is 29.9. The molecule has 4 atom stereocenters. The Morgan fingerprint density at radius 3 is 2.20 bits per heavy atom. The lowest BCUT2D eigenvalue weighted by Gasteiger charge is -2.34. The number of nitrogens with one attached hydrogen (secondary N) is 3. The van der Waals surface area contributed by atoms with Gasteiger partial charge in [-0.25, -0.2) is 4.79 Å². The summed E-state index contributed by atoms with van der Waals surface area (Å²) in [6.07, 6.45) is -2.96. The number of carbonyl (C=O) groups is 3. The van der Waals surface area contributed by atoms with E-state index in [1.165, 1.54) is 18.2 Å². The fourth-order valence-electron chi connectivity index (χ4n) is 7.23. The van der Waals surface area contributed by atoms with Gasteiger partial charge in [-0.05, 0) is 72.0 Å². The first-order chi connectivity index (χ1) is 26.2. The van der Waals surface area contributed by atoms with Crippen molar-refractivity contribution in [2.75, 3.05) is 26.2 Å². The Bertz CT molecular complexity index is 1840. The Labute approximate surface area is 313 Å². The predicted molar refractivity (Wildman–Crippen MR) is 197 cm³/mol. The quantitative estimate of drug-likeness (QED) is 0.142. The van der Waals surface area contributed by atoms with E-state index in [2.05, 4.69) is 16.0 Å². The number of para-hydroxylation sites is 1. The lowest BCUT2D eigenvalue weighted by molar-refractivity contribution is -0.140. The third kappa shape index (κ3) is 10.2. The average Bonchev–Trinajstić information content (AvgIpc) is 3.69. The van der Waals surface area contributed by atoms with Crippen LogP contribution >= 0.6 is 0 Å². The summed E-state index contributed by atoms with van der Waals surface area (Å²) in [7, 11) is 0. The van der Waals surface area contributed by atoms with Crippen molar-refractivity contribution in [2.24, 2.45) is 5.92 Å². The van der Waals surface area contributed by atoms with Gasteiger partial charge >= 0.3 is 12.3 Å². The largest absolute Gasteiger partial charge is 0.488 e. The van der Waals surface area contributed by atoms with Crippen molar-refractivity contribution in [1.82, 2.24) is 20.9 Å². The third-order valence-electron chi connectivity index (χ3n) is 10.1. The highest BCUT2D eigenvalue weighted by Crippen LogP contribution is 2.36. The number of rotatable bonds is 13. The maximum atomic E-state index is 14.0. The van der Waals surface area contributed by atoms with Crippen molar-refractivity contribution in [1.29, 1.82) is 0 Å². The van der Waals surface area contributed by atoms with E-state index in [0.717, 1.165) is 41.3 Å². The molecule has 4 unspecified atom stereocenters. The number of piperidine rings is 1. The molecule has 2 heterocycles. The van der Waals surface area contributed by atoms with Gasteiger partial charge in [-0.1, -0.05) is 97.1 Å². The van der Waals surface area contributed by atoms with Gasteiger partial charge < -0.3 is 30.3 Å². The fourth-order valence-corrected chi connectivity index (χ4v) is 7.23. The van der Waals surface area contributed by atoms with Crippen LogP contribution in [0.25, 0.3) is 0 Å². The van der Waals surface area contributed by atoms with Crippen LogP contribution in [-0.4, -0.2) is 61.1 Å². The van der Waals surface area contributed by atoms with E-state index >= 15 is 0 Å². The summed E-state index contributed by atoms with van der Waals surface area (Å²) in [4.78, 5) is 42.2. The van der Waals surface area contributed by atoms with Gasteiger partial charge in [0.1, 0.15) is 31.0 Å². The zero-order chi connectivity index (χ0) is 37.9. The Hall–Kier alpha value is -5.36. The monoisotopic (exact) mass is 742 g/mol. The number of alkyl carbamates (subject to hydrolysis) is 1. The van der Waals surface area contributed by atoms with E-state index in [4.69, 9.17) is 9.47 Å². The maximum absolute atomic E-state index is 14.0. The van der Waals surface area contributed by atoms with Crippen LogP contribution in [0.3, 0.4) is 0 Å². The third-order valence-corrected chi connectivity index (χ3v) is 10.1. The molecule has 6 rings (SSSR count). The Balaban J connectivity index is 1.06. The van der Waals surface area contributed by atoms with E-state index in [1.54, 1.807) is 4.90 Å². The normalized spacial score (nSPS) is 19.1. The van der Waals surface area contributed by atoms with Crippen LogP contribution < -0.4 is 20.7 Å². The number of hydrogen-bond donors (Lipinski definition) is 3. The highest BCUT2D eigenvalue weighted by atomic mass is 19.4. The average molecular weight is 743 g/mol. The number of alkyl halides is 3. The molecule has 54 heavy (non-hydrogen) atoms. The van der Waals surface area contributed by atoms with Crippen LogP contribution in [0.5, 0.6) is 5.75 Å². The van der Waals surface area contributed by atoms with Crippen LogP contribution in [0.1, 0.15) is 53.0 Å². The minimum atomic E-state index is -4.51. The van der Waals surface area contributed by atoms with Crippen LogP contribution in [0.2, 0.25) is 0 Å². The van der Waals surface area contributed by atoms with Crippen molar-refractivity contribution in [2.45, 2.75) is 63.1 Å². The molecular weight excluding hydrogens is 697 g/mol. The molecule has 4 aromatic carbocycles. The highest BCUT2D eigenvalue weighted by molar-refractivity contribution is 5.92. The number of likely N-dealkylation sites (tertiary alicyclic amines) is 1. The van der Waals surface area contributed by atoms with Gasteiger partial charge in [0.2, 0.25) is 11.8 Å². The molecule has 0 spiro atoms. The summed E-state index contributed by atoms with van der Waals surface area (Å²) < 4.78 is 51.2. The Morgan fingerprint density at radius 1 is 0.815 bits per heavy atom. The first-order valence-electron chi connectivity index (χ1n) is 18.3. The van der Waals surface area contributed by atoms with Gasteiger partial charge in [-0.3, -0.25) is 9.59 Å². The molecule has 0 aliphatic carbocycles. The lowest BCUT2D eigenvalue weighted by atomic mass is 9.81. The Kier molecular flexibility index (Phi) is 12.9. The summed E-state index contributed by atoms with van der Waals surface area (Å²) in [5, 5.41) is 9.30. The molecule has 3 N–H and O–H groups in total. The molecule has 2 fully saturated rings. The zero-order valence-corrected chi connectivity index (χ0v) is 29.9. The minimum absolute atomic E-state index is 0.00765. The molecule has 0 saturated carbocycles. The smallest absolute Gasteiger partial charge is 0.419 e. The summed E-state index contributed by atoms with van der Waals surface area (Å²) in [6.45, 7) is 2.34. The van der Waals surface area contributed by atoms with Crippen molar-refractivity contribution in [3.63, 3.8) is 0 Å². The Morgan fingerprint density at radius 2 is 1.48 bits per heavy atom. The molecule has 0 radical (unpaired) electrons. The molecule has 2 aliphatic rings. The van der Waals surface area contributed by atoms with Crippen molar-refractivity contribution in [3.05, 3.63) is 137 Å². The van der Waals surface area contributed by atoms with Crippen molar-refractivity contribution < 1.29 is 37.0 Å². The first kappa shape index (κ1) is 38.4. The topological polar surface area (TPSA) is 109 Å². The minimum Gasteiger partial charge on any atom is -0.488 e. The number of carbonyl (C=O) groups excluding carboxylic acids is 3. The number of benzene rings is 4. The molecular formula is C42H45F3N4O5. The second-order valence-corrected chi connectivity index (χ2v) is 13.8. The van der Waals surface area contributed by atoms with Gasteiger partial charge in [0.15, 0.2) is 0 Å². The maximum Gasteiger partial charge on any atom is 0.419 e. The number of ether oxygens (including phenoxy) is 2. The van der Waals surface area contributed by atoms with E-state index < -0.39 is 29.9 Å². The van der Waals surface area contributed by atoms with Gasteiger partial charge in [0.05, 0.1) is 5.56 Å². The standard InChI is InChI=1S/C42H45F3N4O5/c43-42(44,45)35-14-7-8-16-38(35)53-27-31-17-19-32(20-18-31)34-21-22-46-25-33(34)26-47-39(50)37-15-9-23-49(37)40(51)36(24-29-10-3-1-4-11-29)48-41(52)54-28-30-12-5-2-6-13-30/h1-8,10-14,16-20,33-34,36-37,46H,9,15,21-28H2,(H,47,50)(H,48,52). The van der Waals surface area contributed by atoms with Crippen LogP contribution in [0, 0.1) is 5.92 Å². The van der Waals surface area contributed by atoms with E-state index in [1.807, 2.05) is 84.9 Å².